The largest absolute Gasteiger partial charge is 0.480 e. The van der Waals surface area contributed by atoms with Crippen LogP contribution >= 0.6 is 0 Å². The van der Waals surface area contributed by atoms with Gasteiger partial charge in [-0.2, -0.15) is 0 Å². The Balaban J connectivity index is 2.60. The molecule has 1 saturated carbocycles. The standard InChI is InChI=1S/C13H23N3O4/c1-13(2)5-3-4-9(6-13)15-12(20)16(7-10(14)17)8-11(18)19/h9H,3-8H2,1-2H3,(H2,14,17)(H,15,20)(H,18,19). The summed E-state index contributed by atoms with van der Waals surface area (Å²) in [6, 6.07) is -0.538. The molecule has 1 rings (SSSR count). The van der Waals surface area contributed by atoms with Crippen molar-refractivity contribution in [3.05, 3.63) is 0 Å². The van der Waals surface area contributed by atoms with Crippen LogP contribution in [0.3, 0.4) is 0 Å². The van der Waals surface area contributed by atoms with Crippen LogP contribution in [-0.4, -0.2) is 47.0 Å². The van der Waals surface area contributed by atoms with E-state index in [1.54, 1.807) is 0 Å². The predicted octanol–water partition coefficient (Wildman–Crippen LogP) is 0.537. The molecule has 0 spiro atoms. The molecule has 0 aromatic carbocycles. The highest BCUT2D eigenvalue weighted by atomic mass is 16.4. The number of nitrogens with one attached hydrogen (secondary N) is 1. The number of nitrogens with zero attached hydrogens (tertiary/aromatic N) is 1. The first-order chi connectivity index (χ1) is 9.19. The molecule has 0 aliphatic heterocycles. The zero-order valence-corrected chi connectivity index (χ0v) is 12.0. The number of carboxylic acid groups (broad SMARTS) is 1. The molecule has 7 nitrogen and oxygen atoms in total. The number of rotatable bonds is 5. The maximum atomic E-state index is 12.0. The van der Waals surface area contributed by atoms with Crippen molar-refractivity contribution in [3.63, 3.8) is 0 Å². The molecule has 20 heavy (non-hydrogen) atoms. The van der Waals surface area contributed by atoms with E-state index in [0.29, 0.717) is 0 Å². The SMILES string of the molecule is CC1(C)CCCC(NC(=O)N(CC(N)=O)CC(=O)O)C1. The molecule has 0 aromatic rings. The lowest BCUT2D eigenvalue weighted by Gasteiger charge is -2.36. The molecule has 0 aromatic heterocycles. The van der Waals surface area contributed by atoms with Crippen LogP contribution in [0.4, 0.5) is 4.79 Å². The lowest BCUT2D eigenvalue weighted by molar-refractivity contribution is -0.137. The summed E-state index contributed by atoms with van der Waals surface area (Å²) < 4.78 is 0. The summed E-state index contributed by atoms with van der Waals surface area (Å²) in [6.45, 7) is 3.35. The van der Waals surface area contributed by atoms with Gasteiger partial charge in [0.15, 0.2) is 0 Å². The Morgan fingerprint density at radius 2 is 2.00 bits per heavy atom. The average molecular weight is 285 g/mol. The second-order valence-electron chi connectivity index (χ2n) is 6.12. The number of carbonyl (C=O) groups excluding carboxylic acids is 2. The van der Waals surface area contributed by atoms with E-state index >= 15 is 0 Å². The van der Waals surface area contributed by atoms with Gasteiger partial charge in [0, 0.05) is 6.04 Å². The van der Waals surface area contributed by atoms with E-state index in [0.717, 1.165) is 30.6 Å². The molecule has 1 fully saturated rings. The van der Waals surface area contributed by atoms with Gasteiger partial charge in [-0.1, -0.05) is 20.3 Å². The summed E-state index contributed by atoms with van der Waals surface area (Å²) in [5.41, 5.74) is 5.19. The van der Waals surface area contributed by atoms with Crippen LogP contribution in [-0.2, 0) is 9.59 Å². The van der Waals surface area contributed by atoms with Gasteiger partial charge in [0.05, 0.1) is 0 Å². The van der Waals surface area contributed by atoms with Gasteiger partial charge in [-0.05, 0) is 24.7 Å². The number of carboxylic acids is 1. The van der Waals surface area contributed by atoms with E-state index in [4.69, 9.17) is 10.8 Å². The van der Waals surface area contributed by atoms with Crippen LogP contribution in [0.1, 0.15) is 39.5 Å². The smallest absolute Gasteiger partial charge is 0.323 e. The first-order valence-electron chi connectivity index (χ1n) is 6.75. The number of hydrogen-bond acceptors (Lipinski definition) is 3. The number of primary amides is 1. The minimum absolute atomic E-state index is 0.00965. The van der Waals surface area contributed by atoms with Gasteiger partial charge < -0.3 is 21.1 Å². The van der Waals surface area contributed by atoms with Gasteiger partial charge in [0.25, 0.3) is 0 Å². The molecule has 0 radical (unpaired) electrons. The highest BCUT2D eigenvalue weighted by Gasteiger charge is 2.30. The predicted molar refractivity (Wildman–Crippen MR) is 73.0 cm³/mol. The number of aliphatic carboxylic acids is 1. The van der Waals surface area contributed by atoms with Crippen molar-refractivity contribution in [1.82, 2.24) is 10.2 Å². The van der Waals surface area contributed by atoms with Crippen LogP contribution in [0.25, 0.3) is 0 Å². The second-order valence-corrected chi connectivity index (χ2v) is 6.12. The van der Waals surface area contributed by atoms with Gasteiger partial charge in [0.2, 0.25) is 5.91 Å². The van der Waals surface area contributed by atoms with Crippen molar-refractivity contribution >= 4 is 17.9 Å². The molecular formula is C13H23N3O4. The van der Waals surface area contributed by atoms with E-state index in [2.05, 4.69) is 19.2 Å². The van der Waals surface area contributed by atoms with E-state index in [9.17, 15) is 14.4 Å². The molecule has 3 amide bonds. The Hall–Kier alpha value is -1.79. The second kappa shape index (κ2) is 6.58. The van der Waals surface area contributed by atoms with Gasteiger partial charge in [-0.3, -0.25) is 9.59 Å². The Kier molecular flexibility index (Phi) is 5.35. The van der Waals surface area contributed by atoms with Gasteiger partial charge in [-0.25, -0.2) is 4.79 Å². The monoisotopic (exact) mass is 285 g/mol. The molecule has 4 N–H and O–H groups in total. The van der Waals surface area contributed by atoms with Gasteiger partial charge in [-0.15, -0.1) is 0 Å². The highest BCUT2D eigenvalue weighted by Crippen LogP contribution is 2.35. The lowest BCUT2D eigenvalue weighted by Crippen LogP contribution is -2.51. The van der Waals surface area contributed by atoms with E-state index in [1.165, 1.54) is 0 Å². The first kappa shape index (κ1) is 16.3. The summed E-state index contributed by atoms with van der Waals surface area (Å²) in [7, 11) is 0. The van der Waals surface area contributed by atoms with E-state index < -0.39 is 31.0 Å². The molecule has 7 heteroatoms. The fourth-order valence-electron chi connectivity index (χ4n) is 2.64. The third-order valence-electron chi connectivity index (χ3n) is 3.49. The van der Waals surface area contributed by atoms with Crippen LogP contribution in [0, 0.1) is 5.41 Å². The molecule has 114 valence electrons. The van der Waals surface area contributed by atoms with Crippen molar-refractivity contribution < 1.29 is 19.5 Å². The zero-order chi connectivity index (χ0) is 15.3. The molecule has 0 heterocycles. The number of carbonyl (C=O) groups is 3. The van der Waals surface area contributed by atoms with Gasteiger partial charge in [0.1, 0.15) is 13.1 Å². The Bertz CT molecular complexity index is 379. The summed E-state index contributed by atoms with van der Waals surface area (Å²) in [5, 5.41) is 11.6. The minimum Gasteiger partial charge on any atom is -0.480 e. The fraction of sp³-hybridized carbons (Fsp3) is 0.769. The summed E-state index contributed by atoms with van der Waals surface area (Å²) >= 11 is 0. The van der Waals surface area contributed by atoms with E-state index in [1.807, 2.05) is 0 Å². The Labute approximate surface area is 118 Å². The molecule has 0 saturated heterocycles. The Morgan fingerprint density at radius 3 is 2.50 bits per heavy atom. The summed E-state index contributed by atoms with van der Waals surface area (Å²) in [6.07, 6.45) is 3.84. The number of urea groups is 1. The topological polar surface area (TPSA) is 113 Å². The quantitative estimate of drug-likeness (QED) is 0.684. The summed E-state index contributed by atoms with van der Waals surface area (Å²) in [5.74, 6) is -1.91. The maximum absolute atomic E-state index is 12.0. The third kappa shape index (κ3) is 5.46. The van der Waals surface area contributed by atoms with Crippen molar-refractivity contribution in [2.75, 3.05) is 13.1 Å². The van der Waals surface area contributed by atoms with Crippen molar-refractivity contribution in [2.24, 2.45) is 11.1 Å². The number of nitrogens with two attached hydrogens (primary N) is 1. The maximum Gasteiger partial charge on any atom is 0.323 e. The van der Waals surface area contributed by atoms with Crippen LogP contribution in [0.15, 0.2) is 0 Å². The molecular weight excluding hydrogens is 262 g/mol. The first-order valence-corrected chi connectivity index (χ1v) is 6.75. The highest BCUT2D eigenvalue weighted by molar-refractivity contribution is 5.86. The molecule has 0 bridgehead atoms. The molecule has 1 aliphatic rings. The van der Waals surface area contributed by atoms with Crippen molar-refractivity contribution in [2.45, 2.75) is 45.6 Å². The van der Waals surface area contributed by atoms with E-state index in [-0.39, 0.29) is 11.5 Å². The lowest BCUT2D eigenvalue weighted by atomic mass is 9.75. The number of hydrogen-bond donors (Lipinski definition) is 3. The fourth-order valence-corrected chi connectivity index (χ4v) is 2.64. The van der Waals surface area contributed by atoms with Crippen LogP contribution in [0.2, 0.25) is 0 Å². The van der Waals surface area contributed by atoms with Crippen molar-refractivity contribution in [3.8, 4) is 0 Å². The third-order valence-corrected chi connectivity index (χ3v) is 3.49. The Morgan fingerprint density at radius 1 is 1.35 bits per heavy atom. The molecule has 1 atom stereocenters. The zero-order valence-electron chi connectivity index (χ0n) is 12.0. The molecule has 1 aliphatic carbocycles. The molecule has 1 unspecified atom stereocenters. The normalized spacial score (nSPS) is 21.0. The summed E-state index contributed by atoms with van der Waals surface area (Å²) in [4.78, 5) is 34.6. The number of amides is 3. The van der Waals surface area contributed by atoms with Crippen molar-refractivity contribution in [1.29, 1.82) is 0 Å². The average Bonchev–Trinajstić information content (AvgIpc) is 2.25. The van der Waals surface area contributed by atoms with Crippen LogP contribution in [0.5, 0.6) is 0 Å². The minimum atomic E-state index is -1.18. The van der Waals surface area contributed by atoms with Gasteiger partial charge >= 0.3 is 12.0 Å². The van der Waals surface area contributed by atoms with Crippen LogP contribution < -0.4 is 11.1 Å².